The molecule has 4 rings (SSSR count). The molecule has 2 amide bonds. The monoisotopic (exact) mass is 434 g/mol. The molecule has 0 aromatic heterocycles. The zero-order valence-electron chi connectivity index (χ0n) is 17.8. The van der Waals surface area contributed by atoms with Gasteiger partial charge in [-0.15, -0.1) is 0 Å². The third kappa shape index (κ3) is 4.37. The number of nitrogens with one attached hydrogen (secondary N) is 2. The van der Waals surface area contributed by atoms with Gasteiger partial charge in [0.2, 0.25) is 5.91 Å². The average Bonchev–Trinajstić information content (AvgIpc) is 3.39. The average molecular weight is 434 g/mol. The summed E-state index contributed by atoms with van der Waals surface area (Å²) in [5.74, 6) is -1.93. The molecule has 2 unspecified atom stereocenters. The molecule has 0 radical (unpaired) electrons. The quantitative estimate of drug-likeness (QED) is 0.579. The molecular formula is C25H26N2O5. The summed E-state index contributed by atoms with van der Waals surface area (Å²) in [5, 5.41) is 14.5. The molecule has 3 atom stereocenters. The van der Waals surface area contributed by atoms with Gasteiger partial charge in [-0.25, -0.2) is 4.79 Å². The smallest absolute Gasteiger partial charge is 0.407 e. The first-order valence-electron chi connectivity index (χ1n) is 10.8. The highest BCUT2D eigenvalue weighted by atomic mass is 16.5. The van der Waals surface area contributed by atoms with Crippen LogP contribution >= 0.6 is 0 Å². The Labute approximate surface area is 186 Å². The number of hydrogen-bond acceptors (Lipinski definition) is 4. The Hall–Kier alpha value is -3.61. The highest BCUT2D eigenvalue weighted by Gasteiger charge is 2.30. The predicted molar refractivity (Wildman–Crippen MR) is 119 cm³/mol. The van der Waals surface area contributed by atoms with Crippen molar-refractivity contribution in [2.45, 2.75) is 37.8 Å². The number of carboxylic acids is 1. The number of fused-ring (bicyclic) bond motifs is 3. The van der Waals surface area contributed by atoms with Crippen molar-refractivity contribution in [3.8, 4) is 11.1 Å². The molecule has 166 valence electrons. The van der Waals surface area contributed by atoms with E-state index in [-0.39, 0.29) is 24.5 Å². The van der Waals surface area contributed by atoms with Crippen LogP contribution in [-0.2, 0) is 14.3 Å². The van der Waals surface area contributed by atoms with Crippen LogP contribution in [-0.4, -0.2) is 41.8 Å². The minimum absolute atomic E-state index is 0.0568. The predicted octanol–water partition coefficient (Wildman–Crippen LogP) is 3.45. The van der Waals surface area contributed by atoms with E-state index in [0.717, 1.165) is 22.3 Å². The van der Waals surface area contributed by atoms with Gasteiger partial charge in [-0.05, 0) is 35.1 Å². The van der Waals surface area contributed by atoms with Crippen molar-refractivity contribution in [1.82, 2.24) is 10.6 Å². The molecule has 0 bridgehead atoms. The van der Waals surface area contributed by atoms with Crippen molar-refractivity contribution in [1.29, 1.82) is 0 Å². The topological polar surface area (TPSA) is 105 Å². The molecule has 0 aliphatic heterocycles. The van der Waals surface area contributed by atoms with Crippen LogP contribution in [0.4, 0.5) is 4.79 Å². The number of alkyl carbamates (subject to hydrolysis) is 1. The standard InChI is InChI=1S/C25H26N2O5/c1-2-22(23(28)26-16-12-11-15(13-16)24(29)30)27-25(31)32-14-21-19-9-5-3-7-17(19)18-8-4-6-10-20(18)21/h3-12,15-16,21-22H,2,13-14H2,1H3,(H,26,28)(H,27,31)(H,29,30)/t15?,16?,22-/m0/s1. The van der Waals surface area contributed by atoms with Crippen molar-refractivity contribution in [3.63, 3.8) is 0 Å². The number of hydrogen-bond donors (Lipinski definition) is 3. The van der Waals surface area contributed by atoms with Gasteiger partial charge in [0.1, 0.15) is 12.6 Å². The molecular weight excluding hydrogens is 408 g/mol. The Kier molecular flexibility index (Phi) is 6.25. The molecule has 32 heavy (non-hydrogen) atoms. The molecule has 0 fully saturated rings. The third-order valence-electron chi connectivity index (χ3n) is 6.09. The van der Waals surface area contributed by atoms with Crippen LogP contribution in [0.1, 0.15) is 36.8 Å². The van der Waals surface area contributed by atoms with E-state index in [1.54, 1.807) is 19.1 Å². The lowest BCUT2D eigenvalue weighted by molar-refractivity contribution is -0.140. The fourth-order valence-electron chi connectivity index (χ4n) is 4.41. The number of benzene rings is 2. The molecule has 0 spiro atoms. The molecule has 3 N–H and O–H groups in total. The van der Waals surface area contributed by atoms with Gasteiger partial charge < -0.3 is 20.5 Å². The molecule has 2 aliphatic rings. The summed E-state index contributed by atoms with van der Waals surface area (Å²) in [5.41, 5.74) is 4.53. The van der Waals surface area contributed by atoms with Gasteiger partial charge in [0.05, 0.1) is 5.92 Å². The van der Waals surface area contributed by atoms with E-state index >= 15 is 0 Å². The van der Waals surface area contributed by atoms with Crippen molar-refractivity contribution >= 4 is 18.0 Å². The number of carbonyl (C=O) groups is 3. The van der Waals surface area contributed by atoms with Crippen molar-refractivity contribution in [2.75, 3.05) is 6.61 Å². The van der Waals surface area contributed by atoms with Crippen LogP contribution in [0.25, 0.3) is 11.1 Å². The summed E-state index contributed by atoms with van der Waals surface area (Å²) in [4.78, 5) is 36.1. The van der Waals surface area contributed by atoms with E-state index in [2.05, 4.69) is 22.8 Å². The van der Waals surface area contributed by atoms with Crippen molar-refractivity contribution in [2.24, 2.45) is 5.92 Å². The largest absolute Gasteiger partial charge is 0.481 e. The van der Waals surface area contributed by atoms with Gasteiger partial charge in [-0.1, -0.05) is 67.6 Å². The molecule has 0 heterocycles. The fraction of sp³-hybridized carbons (Fsp3) is 0.320. The number of amides is 2. The minimum atomic E-state index is -0.915. The molecule has 2 aromatic rings. The van der Waals surface area contributed by atoms with Gasteiger partial charge in [-0.3, -0.25) is 9.59 Å². The summed E-state index contributed by atoms with van der Waals surface area (Å²) in [6.45, 7) is 1.96. The van der Waals surface area contributed by atoms with Crippen LogP contribution in [0.5, 0.6) is 0 Å². The summed E-state index contributed by atoms with van der Waals surface area (Å²) in [6.07, 6.45) is 3.29. The SMILES string of the molecule is CC[C@H](NC(=O)OCC1c2ccccc2-c2ccccc21)C(=O)NC1C=CC(C(=O)O)C1. The highest BCUT2D eigenvalue weighted by Crippen LogP contribution is 2.44. The van der Waals surface area contributed by atoms with Gasteiger partial charge >= 0.3 is 12.1 Å². The number of aliphatic carboxylic acids is 1. The lowest BCUT2D eigenvalue weighted by Crippen LogP contribution is -2.49. The van der Waals surface area contributed by atoms with Crippen LogP contribution < -0.4 is 10.6 Å². The van der Waals surface area contributed by atoms with E-state index in [4.69, 9.17) is 9.84 Å². The van der Waals surface area contributed by atoms with Crippen LogP contribution in [0, 0.1) is 5.92 Å². The van der Waals surface area contributed by atoms with Gasteiger partial charge in [0.25, 0.3) is 0 Å². The normalized spacial score (nSPS) is 19.7. The Morgan fingerprint density at radius 1 is 1.03 bits per heavy atom. The van der Waals surface area contributed by atoms with Crippen molar-refractivity contribution in [3.05, 3.63) is 71.8 Å². The first-order chi connectivity index (χ1) is 15.5. The third-order valence-corrected chi connectivity index (χ3v) is 6.09. The van der Waals surface area contributed by atoms with Crippen LogP contribution in [0.3, 0.4) is 0 Å². The van der Waals surface area contributed by atoms with Crippen LogP contribution in [0.2, 0.25) is 0 Å². The number of carboxylic acid groups (broad SMARTS) is 1. The lowest BCUT2D eigenvalue weighted by atomic mass is 9.98. The maximum Gasteiger partial charge on any atom is 0.407 e. The molecule has 0 saturated heterocycles. The Morgan fingerprint density at radius 3 is 2.22 bits per heavy atom. The maximum atomic E-state index is 12.6. The number of ether oxygens (including phenoxy) is 1. The number of rotatable bonds is 7. The second kappa shape index (κ2) is 9.26. The molecule has 0 saturated carbocycles. The summed E-state index contributed by atoms with van der Waals surface area (Å²) < 4.78 is 5.52. The fourth-order valence-corrected chi connectivity index (χ4v) is 4.41. The summed E-state index contributed by atoms with van der Waals surface area (Å²) in [6, 6.07) is 15.0. The Balaban J connectivity index is 1.34. The molecule has 7 heteroatoms. The van der Waals surface area contributed by atoms with Gasteiger partial charge in [-0.2, -0.15) is 0 Å². The van der Waals surface area contributed by atoms with E-state index < -0.39 is 24.0 Å². The van der Waals surface area contributed by atoms with E-state index in [1.807, 2.05) is 36.4 Å². The molecule has 2 aliphatic carbocycles. The summed E-state index contributed by atoms with van der Waals surface area (Å²) >= 11 is 0. The highest BCUT2D eigenvalue weighted by molar-refractivity contribution is 5.86. The summed E-state index contributed by atoms with van der Waals surface area (Å²) in [7, 11) is 0. The first-order valence-corrected chi connectivity index (χ1v) is 10.8. The van der Waals surface area contributed by atoms with E-state index in [9.17, 15) is 14.4 Å². The molecule has 7 nitrogen and oxygen atoms in total. The lowest BCUT2D eigenvalue weighted by Gasteiger charge is -2.20. The molecule has 2 aromatic carbocycles. The Morgan fingerprint density at radius 2 is 1.66 bits per heavy atom. The van der Waals surface area contributed by atoms with Crippen LogP contribution in [0.15, 0.2) is 60.7 Å². The second-order valence-electron chi connectivity index (χ2n) is 8.11. The number of carbonyl (C=O) groups excluding carboxylic acids is 2. The minimum Gasteiger partial charge on any atom is -0.481 e. The van der Waals surface area contributed by atoms with Gasteiger partial charge in [0, 0.05) is 12.0 Å². The van der Waals surface area contributed by atoms with Crippen molar-refractivity contribution < 1.29 is 24.2 Å². The first kappa shape index (κ1) is 21.6. The van der Waals surface area contributed by atoms with E-state index in [1.165, 1.54) is 0 Å². The zero-order valence-corrected chi connectivity index (χ0v) is 17.8. The zero-order chi connectivity index (χ0) is 22.7. The van der Waals surface area contributed by atoms with Gasteiger partial charge in [0.15, 0.2) is 0 Å². The van der Waals surface area contributed by atoms with E-state index in [0.29, 0.717) is 12.8 Å². The Bertz CT molecular complexity index is 1020. The second-order valence-corrected chi connectivity index (χ2v) is 8.11. The maximum absolute atomic E-state index is 12.6.